The maximum absolute atomic E-state index is 12.9. The van der Waals surface area contributed by atoms with Crippen molar-refractivity contribution in [1.29, 1.82) is 0 Å². The van der Waals surface area contributed by atoms with Crippen LogP contribution in [0.25, 0.3) is 0 Å². The molecule has 0 unspecified atom stereocenters. The molecule has 1 aromatic heterocycles. The second kappa shape index (κ2) is 8.87. The molecule has 0 radical (unpaired) electrons. The summed E-state index contributed by atoms with van der Waals surface area (Å²) in [5, 5.41) is 2.92. The zero-order chi connectivity index (χ0) is 19.4. The van der Waals surface area contributed by atoms with E-state index in [4.69, 9.17) is 16.3 Å². The van der Waals surface area contributed by atoms with E-state index in [0.717, 1.165) is 29.7 Å². The molecule has 3 rings (SSSR count). The molecule has 7 heteroatoms. The van der Waals surface area contributed by atoms with Gasteiger partial charge < -0.3 is 15.0 Å². The fourth-order valence-electron chi connectivity index (χ4n) is 3.09. The van der Waals surface area contributed by atoms with Crippen molar-refractivity contribution in [3.05, 3.63) is 50.7 Å². The molecule has 5 nitrogen and oxygen atoms in total. The van der Waals surface area contributed by atoms with E-state index in [1.54, 1.807) is 17.0 Å². The monoisotopic (exact) mass is 406 g/mol. The van der Waals surface area contributed by atoms with Gasteiger partial charge in [0.2, 0.25) is 5.91 Å². The number of aryl methyl sites for hydroxylation is 1. The van der Waals surface area contributed by atoms with Gasteiger partial charge >= 0.3 is 0 Å². The van der Waals surface area contributed by atoms with Crippen LogP contribution < -0.4 is 5.32 Å². The van der Waals surface area contributed by atoms with Crippen molar-refractivity contribution in [2.24, 2.45) is 0 Å². The zero-order valence-electron chi connectivity index (χ0n) is 15.5. The molecule has 27 heavy (non-hydrogen) atoms. The number of halogens is 1. The molecule has 1 aliphatic rings. The second-order valence-electron chi connectivity index (χ2n) is 6.72. The van der Waals surface area contributed by atoms with Crippen LogP contribution in [-0.2, 0) is 9.53 Å². The Morgan fingerprint density at radius 1 is 1.30 bits per heavy atom. The van der Waals surface area contributed by atoms with Gasteiger partial charge in [-0.15, -0.1) is 11.3 Å². The van der Waals surface area contributed by atoms with Gasteiger partial charge in [0.1, 0.15) is 6.54 Å². The Morgan fingerprint density at radius 2 is 2.11 bits per heavy atom. The minimum atomic E-state index is -0.224. The van der Waals surface area contributed by atoms with Crippen LogP contribution in [0.1, 0.15) is 33.6 Å². The Labute approximate surface area is 168 Å². The summed E-state index contributed by atoms with van der Waals surface area (Å²) in [6, 6.07) is 9.16. The Balaban J connectivity index is 1.72. The average molecular weight is 407 g/mol. The van der Waals surface area contributed by atoms with Crippen LogP contribution in [0.15, 0.2) is 30.3 Å². The number of rotatable bonds is 6. The molecular formula is C20H23ClN2O3S. The number of thiophene rings is 1. The number of nitrogens with one attached hydrogen (secondary N) is 1. The molecular weight excluding hydrogens is 384 g/mol. The van der Waals surface area contributed by atoms with Gasteiger partial charge in [0.05, 0.1) is 15.3 Å². The van der Waals surface area contributed by atoms with Crippen LogP contribution in [0, 0.1) is 13.8 Å². The summed E-state index contributed by atoms with van der Waals surface area (Å²) in [5.41, 5.74) is 2.89. The highest BCUT2D eigenvalue weighted by atomic mass is 35.5. The normalized spacial score (nSPS) is 16.3. The van der Waals surface area contributed by atoms with Gasteiger partial charge in [-0.3, -0.25) is 9.59 Å². The Morgan fingerprint density at radius 3 is 2.78 bits per heavy atom. The summed E-state index contributed by atoms with van der Waals surface area (Å²) in [4.78, 5) is 27.6. The lowest BCUT2D eigenvalue weighted by Gasteiger charge is -2.24. The van der Waals surface area contributed by atoms with Crippen molar-refractivity contribution >= 4 is 40.4 Å². The number of ether oxygens (including phenoxy) is 1. The minimum Gasteiger partial charge on any atom is -0.376 e. The van der Waals surface area contributed by atoms with E-state index in [2.05, 4.69) is 5.32 Å². The quantitative estimate of drug-likeness (QED) is 0.778. The number of hydrogen-bond acceptors (Lipinski definition) is 4. The van der Waals surface area contributed by atoms with Crippen LogP contribution in [0.4, 0.5) is 5.69 Å². The summed E-state index contributed by atoms with van der Waals surface area (Å²) in [6.07, 6.45) is 1.85. The lowest BCUT2D eigenvalue weighted by atomic mass is 10.1. The summed E-state index contributed by atoms with van der Waals surface area (Å²) >= 11 is 7.19. The first-order valence-corrected chi connectivity index (χ1v) is 10.2. The first kappa shape index (κ1) is 19.9. The smallest absolute Gasteiger partial charge is 0.264 e. The van der Waals surface area contributed by atoms with Gasteiger partial charge in [-0.2, -0.15) is 0 Å². The van der Waals surface area contributed by atoms with Gasteiger partial charge in [-0.1, -0.05) is 23.7 Å². The number of hydrogen-bond donors (Lipinski definition) is 1. The van der Waals surface area contributed by atoms with Crippen molar-refractivity contribution in [3.63, 3.8) is 0 Å². The fourth-order valence-corrected chi connectivity index (χ4v) is 4.10. The van der Waals surface area contributed by atoms with Crippen LogP contribution >= 0.6 is 22.9 Å². The Hall–Kier alpha value is -1.89. The van der Waals surface area contributed by atoms with Crippen LogP contribution in [-0.4, -0.2) is 42.5 Å². The Bertz CT molecular complexity index is 830. The molecule has 2 aromatic rings. The third-order valence-electron chi connectivity index (χ3n) is 4.73. The molecule has 1 fully saturated rings. The number of carbonyl (C=O) groups is 2. The second-order valence-corrected chi connectivity index (χ2v) is 8.44. The summed E-state index contributed by atoms with van der Waals surface area (Å²) < 4.78 is 6.21. The van der Waals surface area contributed by atoms with Gasteiger partial charge in [0.25, 0.3) is 5.91 Å². The van der Waals surface area contributed by atoms with Crippen molar-refractivity contribution in [3.8, 4) is 0 Å². The molecule has 2 amide bonds. The molecule has 0 bridgehead atoms. The number of anilines is 1. The van der Waals surface area contributed by atoms with Crippen molar-refractivity contribution < 1.29 is 14.3 Å². The van der Waals surface area contributed by atoms with Crippen LogP contribution in [0.2, 0.25) is 4.34 Å². The van der Waals surface area contributed by atoms with Crippen molar-refractivity contribution in [2.75, 3.05) is 25.0 Å². The average Bonchev–Trinajstić information content (AvgIpc) is 3.29. The van der Waals surface area contributed by atoms with E-state index < -0.39 is 0 Å². The number of carbonyl (C=O) groups excluding carboxylic acids is 2. The molecule has 0 saturated carbocycles. The van der Waals surface area contributed by atoms with Gasteiger partial charge in [0, 0.05) is 18.8 Å². The van der Waals surface area contributed by atoms with Gasteiger partial charge in [0.15, 0.2) is 0 Å². The molecule has 1 atom stereocenters. The number of benzene rings is 1. The lowest BCUT2D eigenvalue weighted by molar-refractivity contribution is -0.117. The lowest BCUT2D eigenvalue weighted by Crippen LogP contribution is -2.42. The maximum Gasteiger partial charge on any atom is 0.264 e. The van der Waals surface area contributed by atoms with Crippen LogP contribution in [0.5, 0.6) is 0 Å². The molecule has 1 aliphatic heterocycles. The summed E-state index contributed by atoms with van der Waals surface area (Å²) in [6.45, 7) is 5.04. The molecule has 1 aromatic carbocycles. The minimum absolute atomic E-state index is 0.0262. The highest BCUT2D eigenvalue weighted by Crippen LogP contribution is 2.24. The highest BCUT2D eigenvalue weighted by Gasteiger charge is 2.26. The molecule has 2 heterocycles. The Kier molecular flexibility index (Phi) is 6.52. The van der Waals surface area contributed by atoms with E-state index in [1.807, 2.05) is 32.0 Å². The first-order valence-electron chi connectivity index (χ1n) is 8.96. The zero-order valence-corrected chi connectivity index (χ0v) is 17.0. The molecule has 1 saturated heterocycles. The SMILES string of the molecule is Cc1cccc(NC(=O)CN(C[C@H]2CCCO2)C(=O)c2ccc(Cl)s2)c1C. The molecule has 144 valence electrons. The predicted octanol–water partition coefficient (Wildman–Crippen LogP) is 4.28. The third kappa shape index (κ3) is 5.09. The third-order valence-corrected chi connectivity index (χ3v) is 5.95. The topological polar surface area (TPSA) is 58.6 Å². The van der Waals surface area contributed by atoms with E-state index in [-0.39, 0.29) is 24.5 Å². The van der Waals surface area contributed by atoms with E-state index in [1.165, 1.54) is 11.3 Å². The van der Waals surface area contributed by atoms with Gasteiger partial charge in [-0.05, 0) is 56.0 Å². The molecule has 1 N–H and O–H groups in total. The summed E-state index contributed by atoms with van der Waals surface area (Å²) in [7, 11) is 0. The largest absolute Gasteiger partial charge is 0.376 e. The van der Waals surface area contributed by atoms with Crippen molar-refractivity contribution in [1.82, 2.24) is 4.90 Å². The fraction of sp³-hybridized carbons (Fsp3) is 0.400. The van der Waals surface area contributed by atoms with E-state index >= 15 is 0 Å². The van der Waals surface area contributed by atoms with Crippen molar-refractivity contribution in [2.45, 2.75) is 32.8 Å². The maximum atomic E-state index is 12.9. The highest BCUT2D eigenvalue weighted by molar-refractivity contribution is 7.17. The van der Waals surface area contributed by atoms with E-state index in [0.29, 0.717) is 22.4 Å². The summed E-state index contributed by atoms with van der Waals surface area (Å²) in [5.74, 6) is -0.420. The van der Waals surface area contributed by atoms with Gasteiger partial charge in [-0.25, -0.2) is 0 Å². The number of amides is 2. The molecule has 0 spiro atoms. The van der Waals surface area contributed by atoms with Crippen LogP contribution in [0.3, 0.4) is 0 Å². The predicted molar refractivity (Wildman–Crippen MR) is 109 cm³/mol. The first-order chi connectivity index (χ1) is 12.9. The molecule has 0 aliphatic carbocycles. The number of nitrogens with zero attached hydrogens (tertiary/aromatic N) is 1. The van der Waals surface area contributed by atoms with E-state index in [9.17, 15) is 9.59 Å². The standard InChI is InChI=1S/C20H23ClN2O3S/c1-13-5-3-7-16(14(13)2)22-19(24)12-23(11-15-6-4-10-26-15)20(25)17-8-9-18(21)27-17/h3,5,7-9,15H,4,6,10-12H2,1-2H3,(H,22,24)/t15-/m1/s1.